The Morgan fingerprint density at radius 3 is 2.09 bits per heavy atom. The van der Waals surface area contributed by atoms with E-state index in [0.717, 1.165) is 16.8 Å². The molecule has 0 heterocycles. The molecule has 0 aliphatic carbocycles. The van der Waals surface area contributed by atoms with Gasteiger partial charge in [0.05, 0.1) is 17.1 Å². The summed E-state index contributed by atoms with van der Waals surface area (Å²) < 4.78 is 16.9. The normalized spacial score (nSPS) is 13.7. The summed E-state index contributed by atoms with van der Waals surface area (Å²) in [5.41, 5.74) is 3.05. The van der Waals surface area contributed by atoms with Crippen molar-refractivity contribution in [3.63, 3.8) is 0 Å². The molecule has 0 saturated carbocycles. The number of nitrogens with one attached hydrogen (secondary N) is 2. The second-order valence-corrected chi connectivity index (χ2v) is 11.0. The number of aliphatic hydroxyl groups is 2. The van der Waals surface area contributed by atoms with Gasteiger partial charge in [-0.25, -0.2) is 14.1 Å². The number of urea groups is 1. The smallest absolute Gasteiger partial charge is 0.354 e. The zero-order valence-corrected chi connectivity index (χ0v) is 21.2. The number of anilines is 2. The van der Waals surface area contributed by atoms with Crippen LogP contribution in [0.15, 0.2) is 39.6 Å². The molecule has 1 unspecified atom stereocenters. The molecule has 0 aliphatic rings. The van der Waals surface area contributed by atoms with E-state index in [1.165, 1.54) is 18.2 Å². The maximum Gasteiger partial charge on any atom is 0.354 e. The molecule has 0 saturated heterocycles. The number of carbonyl (C=O) groups excluding carboxylic acids is 1. The third-order valence-corrected chi connectivity index (χ3v) is 6.79. The summed E-state index contributed by atoms with van der Waals surface area (Å²) in [5.74, 6) is 0.240. The number of amides is 2. The van der Waals surface area contributed by atoms with Gasteiger partial charge >= 0.3 is 6.03 Å². The van der Waals surface area contributed by atoms with Crippen molar-refractivity contribution in [3.05, 3.63) is 52.6 Å². The molecule has 0 spiro atoms. The predicted molar refractivity (Wildman–Crippen MR) is 134 cm³/mol. The van der Waals surface area contributed by atoms with Gasteiger partial charge in [-0.3, -0.25) is 0 Å². The van der Waals surface area contributed by atoms with Crippen LogP contribution in [0.2, 0.25) is 0 Å². The molecular weight excluding hydrogens is 440 g/mol. The van der Waals surface area contributed by atoms with Gasteiger partial charge in [-0.2, -0.15) is 0 Å². The molecule has 0 fully saturated rings. The van der Waals surface area contributed by atoms with Crippen molar-refractivity contribution in [3.8, 4) is 0 Å². The van der Waals surface area contributed by atoms with Crippen LogP contribution in [-0.2, 0) is 22.1 Å². The summed E-state index contributed by atoms with van der Waals surface area (Å²) in [6.45, 7) is 10.9. The van der Waals surface area contributed by atoms with Crippen molar-refractivity contribution in [2.24, 2.45) is 9.50 Å². The summed E-state index contributed by atoms with van der Waals surface area (Å²) in [4.78, 5) is 12.9. The molecule has 2 amide bonds. The molecule has 1 atom stereocenters. The second-order valence-electron chi connectivity index (χ2n) is 9.22. The van der Waals surface area contributed by atoms with Gasteiger partial charge in [0.15, 0.2) is 0 Å². The average molecular weight is 477 g/mol. The van der Waals surface area contributed by atoms with Crippen LogP contribution in [0.3, 0.4) is 0 Å². The van der Waals surface area contributed by atoms with E-state index in [0.29, 0.717) is 16.8 Å². The van der Waals surface area contributed by atoms with Gasteiger partial charge in [0.2, 0.25) is 0 Å². The molecule has 182 valence electrons. The maximum absolute atomic E-state index is 13.2. The fourth-order valence-corrected chi connectivity index (χ4v) is 4.64. The molecule has 9 heteroatoms. The minimum Gasteiger partial charge on any atom is -0.392 e. The summed E-state index contributed by atoms with van der Waals surface area (Å²) in [5, 5.41) is 31.9. The Kier molecular flexibility index (Phi) is 8.29. The van der Waals surface area contributed by atoms with E-state index in [-0.39, 0.29) is 23.3 Å². The highest BCUT2D eigenvalue weighted by Gasteiger charge is 2.22. The van der Waals surface area contributed by atoms with Gasteiger partial charge in [-0.15, -0.1) is 4.36 Å². The summed E-state index contributed by atoms with van der Waals surface area (Å²) in [7, 11) is -1.76. The fourth-order valence-electron chi connectivity index (χ4n) is 3.67. The molecule has 0 radical (unpaired) electrons. The van der Waals surface area contributed by atoms with Crippen LogP contribution in [0.1, 0.15) is 75.6 Å². The van der Waals surface area contributed by atoms with Gasteiger partial charge in [0.25, 0.3) is 0 Å². The lowest BCUT2D eigenvalue weighted by Crippen LogP contribution is -2.21. The van der Waals surface area contributed by atoms with Gasteiger partial charge in [-0.1, -0.05) is 33.8 Å². The lowest BCUT2D eigenvalue weighted by atomic mass is 9.91. The number of hydrogen-bond donors (Lipinski definition) is 5. The Hall–Kier alpha value is -2.46. The van der Waals surface area contributed by atoms with Crippen LogP contribution in [0.4, 0.5) is 16.2 Å². The molecule has 0 aromatic heterocycles. The molecule has 8 nitrogen and oxygen atoms in total. The van der Waals surface area contributed by atoms with Crippen molar-refractivity contribution in [1.29, 1.82) is 0 Å². The van der Waals surface area contributed by atoms with E-state index in [4.69, 9.17) is 5.14 Å². The van der Waals surface area contributed by atoms with Crippen LogP contribution in [-0.4, -0.2) is 27.5 Å². The second kappa shape index (κ2) is 10.2. The Labute approximate surface area is 196 Å². The molecule has 6 N–H and O–H groups in total. The maximum atomic E-state index is 13.2. The highest BCUT2D eigenvalue weighted by molar-refractivity contribution is 7.91. The highest BCUT2D eigenvalue weighted by Crippen LogP contribution is 2.36. The molecule has 2 aromatic rings. The van der Waals surface area contributed by atoms with E-state index < -0.39 is 21.5 Å². The molecule has 0 aliphatic heterocycles. The van der Waals surface area contributed by atoms with Gasteiger partial charge in [0, 0.05) is 18.4 Å². The third-order valence-electron chi connectivity index (χ3n) is 5.43. The number of aliphatic hydroxyl groups excluding tert-OH is 1. The van der Waals surface area contributed by atoms with E-state index in [2.05, 4.69) is 15.0 Å². The molecule has 33 heavy (non-hydrogen) atoms. The van der Waals surface area contributed by atoms with Crippen LogP contribution < -0.4 is 15.8 Å². The first-order valence-corrected chi connectivity index (χ1v) is 12.5. The van der Waals surface area contributed by atoms with Crippen LogP contribution >= 0.6 is 0 Å². The van der Waals surface area contributed by atoms with Crippen molar-refractivity contribution in [2.45, 2.75) is 70.5 Å². The first kappa shape index (κ1) is 26.8. The number of carbonyl (C=O) groups is 1. The Balaban J connectivity index is 2.52. The van der Waals surface area contributed by atoms with E-state index in [1.54, 1.807) is 13.8 Å². The third kappa shape index (κ3) is 6.32. The standard InChI is InChI=1S/C24H36N4O4S/c1-14(2)19-11-17(26-7)12-20(15(3)4)22(19)27-23(30)28-33(25,32)18-8-9-21(24(5,6)31)16(10-18)13-29/h8-12,14-15,26,29,31H,13H2,1-7H3,(H3,25,27,28,30,32). The number of nitrogens with zero attached hydrogens (tertiary/aromatic N) is 1. The first-order chi connectivity index (χ1) is 15.2. The lowest BCUT2D eigenvalue weighted by molar-refractivity contribution is 0.0759. The quantitative estimate of drug-likeness (QED) is 0.397. The Bertz CT molecular complexity index is 1110. The fraction of sp³-hybridized carbons (Fsp3) is 0.458. The Morgan fingerprint density at radius 1 is 1.12 bits per heavy atom. The Morgan fingerprint density at radius 2 is 1.67 bits per heavy atom. The van der Waals surface area contributed by atoms with Gasteiger partial charge < -0.3 is 20.8 Å². The molecular formula is C24H36N4O4S. The van der Waals surface area contributed by atoms with Crippen molar-refractivity contribution in [2.75, 3.05) is 17.7 Å². The largest absolute Gasteiger partial charge is 0.392 e. The number of rotatable bonds is 7. The topological polar surface area (TPSA) is 137 Å². The summed E-state index contributed by atoms with van der Waals surface area (Å²) in [6.07, 6.45) is 0. The van der Waals surface area contributed by atoms with Crippen LogP contribution in [0.5, 0.6) is 0 Å². The number of hydrogen-bond acceptors (Lipinski definition) is 5. The summed E-state index contributed by atoms with van der Waals surface area (Å²) in [6, 6.07) is 7.51. The molecule has 2 aromatic carbocycles. The van der Waals surface area contributed by atoms with Gasteiger partial charge in [0.1, 0.15) is 9.92 Å². The van der Waals surface area contributed by atoms with Crippen molar-refractivity contribution < 1.29 is 19.2 Å². The average Bonchev–Trinajstić information content (AvgIpc) is 2.71. The summed E-state index contributed by atoms with van der Waals surface area (Å²) >= 11 is 0. The minimum atomic E-state index is -3.60. The number of benzene rings is 2. The minimum absolute atomic E-state index is 0.0911. The number of nitrogens with two attached hydrogens (primary N) is 1. The zero-order valence-electron chi connectivity index (χ0n) is 20.4. The van der Waals surface area contributed by atoms with E-state index >= 15 is 0 Å². The first-order valence-electron chi connectivity index (χ1n) is 10.9. The SMILES string of the molecule is CNc1cc(C(C)C)c(NC(=O)N=S(N)(=O)c2ccc(C(C)(C)O)c(CO)c2)c(C(C)C)c1. The van der Waals surface area contributed by atoms with Gasteiger partial charge in [-0.05, 0) is 72.2 Å². The molecule has 2 rings (SSSR count). The highest BCUT2D eigenvalue weighted by atomic mass is 32.2. The van der Waals surface area contributed by atoms with Crippen molar-refractivity contribution in [1.82, 2.24) is 0 Å². The van der Waals surface area contributed by atoms with Crippen LogP contribution in [0.25, 0.3) is 0 Å². The lowest BCUT2D eigenvalue weighted by Gasteiger charge is -2.22. The zero-order chi connectivity index (χ0) is 25.1. The van der Waals surface area contributed by atoms with E-state index in [1.807, 2.05) is 46.9 Å². The monoisotopic (exact) mass is 476 g/mol. The van der Waals surface area contributed by atoms with Crippen molar-refractivity contribution >= 4 is 27.3 Å². The predicted octanol–water partition coefficient (Wildman–Crippen LogP) is 4.63. The van der Waals surface area contributed by atoms with E-state index in [9.17, 15) is 19.2 Å². The molecule has 0 bridgehead atoms. The van der Waals surface area contributed by atoms with Crippen LogP contribution in [0, 0.1) is 0 Å².